The molecule has 0 radical (unpaired) electrons. The average Bonchev–Trinajstić information content (AvgIpc) is 2.83. The second-order valence-corrected chi connectivity index (χ2v) is 4.64. The number of amides is 2. The number of imide groups is 1. The summed E-state index contributed by atoms with van der Waals surface area (Å²) in [6.45, 7) is 0.534. The lowest BCUT2D eigenvalue weighted by Gasteiger charge is -2.23. The molecule has 18 heavy (non-hydrogen) atoms. The largest absolute Gasteiger partial charge is 0.340 e. The summed E-state index contributed by atoms with van der Waals surface area (Å²) < 4.78 is 0. The molecular formula is C13H13N3O2. The summed E-state index contributed by atoms with van der Waals surface area (Å²) in [5.41, 5.74) is 1.89. The zero-order valence-corrected chi connectivity index (χ0v) is 10.0. The lowest BCUT2D eigenvalue weighted by atomic mass is 10.1. The normalized spacial score (nSPS) is 22.9. The maximum atomic E-state index is 12.0. The first kappa shape index (κ1) is 11.0. The molecule has 3 rings (SSSR count). The standard InChI is InChI=1S/C13H13N3O2/c1-15-11(17)6-10(13(15)18)16-7-8-4-2-3-5-9(8)12(16)14/h2-5,10,14H,6-7H2,1H3. The summed E-state index contributed by atoms with van der Waals surface area (Å²) in [7, 11) is 1.50. The van der Waals surface area contributed by atoms with Crippen LogP contribution in [0.4, 0.5) is 0 Å². The van der Waals surface area contributed by atoms with Gasteiger partial charge in [0.15, 0.2) is 0 Å². The van der Waals surface area contributed by atoms with Gasteiger partial charge in [-0.15, -0.1) is 0 Å². The van der Waals surface area contributed by atoms with Crippen LogP contribution in [0.3, 0.4) is 0 Å². The molecule has 5 heteroatoms. The van der Waals surface area contributed by atoms with Crippen LogP contribution < -0.4 is 0 Å². The van der Waals surface area contributed by atoms with Crippen molar-refractivity contribution in [1.29, 1.82) is 5.41 Å². The first-order valence-electron chi connectivity index (χ1n) is 5.83. The van der Waals surface area contributed by atoms with Gasteiger partial charge in [-0.1, -0.05) is 24.3 Å². The third-order valence-electron chi connectivity index (χ3n) is 3.63. The molecule has 1 N–H and O–H groups in total. The van der Waals surface area contributed by atoms with E-state index in [9.17, 15) is 9.59 Å². The molecule has 0 spiro atoms. The Labute approximate surface area is 105 Å². The zero-order valence-electron chi connectivity index (χ0n) is 10.0. The summed E-state index contributed by atoms with van der Waals surface area (Å²) in [6, 6.07) is 7.12. The number of nitrogens with one attached hydrogen (secondary N) is 1. The van der Waals surface area contributed by atoms with Gasteiger partial charge < -0.3 is 4.90 Å². The Bertz CT molecular complexity index is 567. The lowest BCUT2D eigenvalue weighted by Crippen LogP contribution is -2.41. The monoisotopic (exact) mass is 243 g/mol. The Morgan fingerprint density at radius 1 is 1.28 bits per heavy atom. The Morgan fingerprint density at radius 2 is 2.00 bits per heavy atom. The van der Waals surface area contributed by atoms with E-state index in [-0.39, 0.29) is 18.2 Å². The smallest absolute Gasteiger partial charge is 0.252 e. The number of carbonyl (C=O) groups is 2. The van der Waals surface area contributed by atoms with Crippen LogP contribution >= 0.6 is 0 Å². The number of rotatable bonds is 1. The number of fused-ring (bicyclic) bond motifs is 1. The van der Waals surface area contributed by atoms with E-state index in [2.05, 4.69) is 0 Å². The molecule has 92 valence electrons. The number of benzene rings is 1. The third kappa shape index (κ3) is 1.37. The van der Waals surface area contributed by atoms with Gasteiger partial charge in [0.1, 0.15) is 11.9 Å². The molecule has 0 saturated carbocycles. The van der Waals surface area contributed by atoms with E-state index in [0.29, 0.717) is 12.4 Å². The van der Waals surface area contributed by atoms with Crippen molar-refractivity contribution in [3.8, 4) is 0 Å². The van der Waals surface area contributed by atoms with Crippen LogP contribution in [-0.2, 0) is 16.1 Å². The second-order valence-electron chi connectivity index (χ2n) is 4.64. The molecule has 1 atom stereocenters. The molecule has 1 saturated heterocycles. The number of hydrogen-bond donors (Lipinski definition) is 1. The Hall–Kier alpha value is -2.17. The predicted octanol–water partition coefficient (Wildman–Crippen LogP) is 0.585. The van der Waals surface area contributed by atoms with Crippen LogP contribution in [0.15, 0.2) is 24.3 Å². The van der Waals surface area contributed by atoms with Crippen molar-refractivity contribution >= 4 is 17.6 Å². The number of likely N-dealkylation sites (tertiary alicyclic amines) is 1. The minimum atomic E-state index is -0.512. The molecule has 1 fully saturated rings. The highest BCUT2D eigenvalue weighted by molar-refractivity contribution is 6.09. The number of amidine groups is 1. The van der Waals surface area contributed by atoms with E-state index < -0.39 is 6.04 Å². The molecule has 2 aliphatic rings. The molecule has 0 bridgehead atoms. The van der Waals surface area contributed by atoms with Gasteiger partial charge in [-0.25, -0.2) is 0 Å². The molecule has 0 aliphatic carbocycles. The van der Waals surface area contributed by atoms with Crippen LogP contribution in [0.2, 0.25) is 0 Å². The van der Waals surface area contributed by atoms with Crippen molar-refractivity contribution in [2.75, 3.05) is 7.05 Å². The molecule has 1 aromatic carbocycles. The van der Waals surface area contributed by atoms with Crippen molar-refractivity contribution in [3.63, 3.8) is 0 Å². The predicted molar refractivity (Wildman–Crippen MR) is 65.0 cm³/mol. The summed E-state index contributed by atoms with van der Waals surface area (Å²) in [5.74, 6) is -0.0432. The zero-order chi connectivity index (χ0) is 12.9. The summed E-state index contributed by atoms with van der Waals surface area (Å²) >= 11 is 0. The Morgan fingerprint density at radius 3 is 2.61 bits per heavy atom. The van der Waals surface area contributed by atoms with E-state index in [1.165, 1.54) is 7.05 Å². The van der Waals surface area contributed by atoms with Gasteiger partial charge in [-0.2, -0.15) is 0 Å². The summed E-state index contributed by atoms with van der Waals surface area (Å²) in [5, 5.41) is 8.12. The van der Waals surface area contributed by atoms with Gasteiger partial charge in [0.2, 0.25) is 5.91 Å². The molecular weight excluding hydrogens is 230 g/mol. The summed E-state index contributed by atoms with van der Waals surface area (Å²) in [4.78, 5) is 26.4. The van der Waals surface area contributed by atoms with Crippen LogP contribution in [-0.4, -0.2) is 40.5 Å². The van der Waals surface area contributed by atoms with Gasteiger partial charge in [0.25, 0.3) is 5.91 Å². The Balaban J connectivity index is 1.92. The first-order valence-corrected chi connectivity index (χ1v) is 5.83. The van der Waals surface area contributed by atoms with Gasteiger partial charge in [0.05, 0.1) is 6.42 Å². The minimum absolute atomic E-state index is 0.172. The fourth-order valence-corrected chi connectivity index (χ4v) is 2.55. The highest BCUT2D eigenvalue weighted by atomic mass is 16.2. The fourth-order valence-electron chi connectivity index (χ4n) is 2.55. The number of likely N-dealkylation sites (N-methyl/N-ethyl adjacent to an activating group) is 1. The number of carbonyl (C=O) groups excluding carboxylic acids is 2. The molecule has 5 nitrogen and oxygen atoms in total. The second kappa shape index (κ2) is 3.66. The van der Waals surface area contributed by atoms with E-state index in [0.717, 1.165) is 16.0 Å². The minimum Gasteiger partial charge on any atom is -0.340 e. The molecule has 0 aromatic heterocycles. The van der Waals surface area contributed by atoms with Crippen molar-refractivity contribution in [2.45, 2.75) is 19.0 Å². The maximum absolute atomic E-state index is 12.0. The lowest BCUT2D eigenvalue weighted by molar-refractivity contribution is -0.137. The highest BCUT2D eigenvalue weighted by Gasteiger charge is 2.43. The first-order chi connectivity index (χ1) is 8.59. The van der Waals surface area contributed by atoms with Gasteiger partial charge in [-0.05, 0) is 5.56 Å². The number of nitrogens with zero attached hydrogens (tertiary/aromatic N) is 2. The van der Waals surface area contributed by atoms with Crippen LogP contribution in [0.5, 0.6) is 0 Å². The van der Waals surface area contributed by atoms with E-state index in [4.69, 9.17) is 5.41 Å². The van der Waals surface area contributed by atoms with E-state index in [1.807, 2.05) is 24.3 Å². The molecule has 2 heterocycles. The Kier molecular flexibility index (Phi) is 2.23. The summed E-state index contributed by atoms with van der Waals surface area (Å²) in [6.07, 6.45) is 0.172. The van der Waals surface area contributed by atoms with Gasteiger partial charge in [0, 0.05) is 19.2 Å². The van der Waals surface area contributed by atoms with Crippen molar-refractivity contribution < 1.29 is 9.59 Å². The fraction of sp³-hybridized carbons (Fsp3) is 0.308. The van der Waals surface area contributed by atoms with E-state index in [1.54, 1.807) is 4.90 Å². The molecule has 1 aromatic rings. The highest BCUT2D eigenvalue weighted by Crippen LogP contribution is 2.28. The quantitative estimate of drug-likeness (QED) is 0.734. The van der Waals surface area contributed by atoms with Crippen LogP contribution in [0.1, 0.15) is 17.5 Å². The van der Waals surface area contributed by atoms with Crippen LogP contribution in [0, 0.1) is 5.41 Å². The molecule has 2 aliphatic heterocycles. The third-order valence-corrected chi connectivity index (χ3v) is 3.63. The average molecular weight is 243 g/mol. The SMILES string of the molecule is CN1C(=O)CC(N2Cc3ccccc3C2=N)C1=O. The van der Waals surface area contributed by atoms with Gasteiger partial charge >= 0.3 is 0 Å². The van der Waals surface area contributed by atoms with Gasteiger partial charge in [-0.3, -0.25) is 19.9 Å². The van der Waals surface area contributed by atoms with Crippen molar-refractivity contribution in [1.82, 2.24) is 9.80 Å². The van der Waals surface area contributed by atoms with Crippen molar-refractivity contribution in [3.05, 3.63) is 35.4 Å². The van der Waals surface area contributed by atoms with Crippen LogP contribution in [0.25, 0.3) is 0 Å². The molecule has 2 amide bonds. The molecule has 1 unspecified atom stereocenters. The maximum Gasteiger partial charge on any atom is 0.252 e. The number of hydrogen-bond acceptors (Lipinski definition) is 3. The topological polar surface area (TPSA) is 64.5 Å². The van der Waals surface area contributed by atoms with Crippen molar-refractivity contribution in [2.24, 2.45) is 0 Å². The van der Waals surface area contributed by atoms with E-state index >= 15 is 0 Å².